The molecule has 0 aromatic carbocycles. The van der Waals surface area contributed by atoms with Crippen molar-refractivity contribution in [3.63, 3.8) is 0 Å². The van der Waals surface area contributed by atoms with E-state index in [9.17, 15) is 0 Å². The van der Waals surface area contributed by atoms with E-state index >= 15 is 0 Å². The Morgan fingerprint density at radius 1 is 1.44 bits per heavy atom. The largest absolute Gasteiger partial charge is 0.396 e. The number of nitriles is 1. The Morgan fingerprint density at radius 2 is 2.19 bits per heavy atom. The summed E-state index contributed by atoms with van der Waals surface area (Å²) in [6.45, 7) is 3.74. The van der Waals surface area contributed by atoms with E-state index in [0.717, 1.165) is 17.1 Å². The van der Waals surface area contributed by atoms with Gasteiger partial charge in [0.15, 0.2) is 0 Å². The van der Waals surface area contributed by atoms with E-state index in [1.807, 2.05) is 19.9 Å². The fourth-order valence-corrected chi connectivity index (χ4v) is 1.52. The zero-order valence-corrected chi connectivity index (χ0v) is 9.10. The van der Waals surface area contributed by atoms with Crippen LogP contribution >= 0.6 is 0 Å². The molecule has 0 bridgehead atoms. The van der Waals surface area contributed by atoms with Crippen LogP contribution in [0.3, 0.4) is 0 Å². The minimum absolute atomic E-state index is 0.364. The van der Waals surface area contributed by atoms with Gasteiger partial charge in [-0.15, -0.1) is 0 Å². The maximum absolute atomic E-state index is 8.77. The summed E-state index contributed by atoms with van der Waals surface area (Å²) in [4.78, 5) is 3.91. The third-order valence-electron chi connectivity index (χ3n) is 2.45. The minimum atomic E-state index is 0.364. The second-order valence-electron chi connectivity index (χ2n) is 3.51. The maximum Gasteiger partial charge on any atom is 0.142 e. The number of rotatable bonds is 1. The first-order valence-electron chi connectivity index (χ1n) is 4.81. The zero-order valence-electron chi connectivity index (χ0n) is 9.10. The van der Waals surface area contributed by atoms with Crippen molar-refractivity contribution >= 4 is 5.69 Å². The number of aromatic nitrogens is 3. The molecule has 0 radical (unpaired) electrons. The van der Waals surface area contributed by atoms with Crippen molar-refractivity contribution in [3.8, 4) is 11.8 Å². The van der Waals surface area contributed by atoms with Gasteiger partial charge in [0.05, 0.1) is 22.8 Å². The van der Waals surface area contributed by atoms with Gasteiger partial charge < -0.3 is 5.73 Å². The Balaban J connectivity index is 2.59. The van der Waals surface area contributed by atoms with Gasteiger partial charge in [-0.25, -0.2) is 9.67 Å². The molecule has 5 heteroatoms. The van der Waals surface area contributed by atoms with Crippen LogP contribution in [0, 0.1) is 25.2 Å². The van der Waals surface area contributed by atoms with Crippen molar-refractivity contribution in [2.75, 3.05) is 5.73 Å². The molecule has 2 rings (SSSR count). The molecule has 0 saturated carbocycles. The van der Waals surface area contributed by atoms with Crippen LogP contribution in [-0.4, -0.2) is 14.8 Å². The van der Waals surface area contributed by atoms with Gasteiger partial charge in [0.25, 0.3) is 0 Å². The highest BCUT2D eigenvalue weighted by molar-refractivity contribution is 5.50. The van der Waals surface area contributed by atoms with Gasteiger partial charge in [0.1, 0.15) is 11.8 Å². The summed E-state index contributed by atoms with van der Waals surface area (Å²) in [6.07, 6.45) is 1.58. The Kier molecular flexibility index (Phi) is 2.33. The molecule has 16 heavy (non-hydrogen) atoms. The number of anilines is 1. The van der Waals surface area contributed by atoms with Crippen LogP contribution in [0.5, 0.6) is 0 Å². The molecular weight excluding hydrogens is 202 g/mol. The normalized spacial score (nSPS) is 10.1. The quantitative estimate of drug-likeness (QED) is 0.775. The summed E-state index contributed by atoms with van der Waals surface area (Å²) in [5, 5.41) is 13.1. The molecule has 80 valence electrons. The minimum Gasteiger partial charge on any atom is -0.396 e. The van der Waals surface area contributed by atoms with Gasteiger partial charge in [-0.1, -0.05) is 0 Å². The Hall–Kier alpha value is -2.35. The average molecular weight is 213 g/mol. The Bertz CT molecular complexity index is 577. The number of hydrogen-bond donors (Lipinski definition) is 1. The van der Waals surface area contributed by atoms with Gasteiger partial charge in [-0.05, 0) is 19.9 Å². The molecule has 0 unspecified atom stereocenters. The van der Waals surface area contributed by atoms with E-state index in [1.165, 1.54) is 0 Å². The number of pyridine rings is 1. The highest BCUT2D eigenvalue weighted by atomic mass is 15.3. The van der Waals surface area contributed by atoms with Crippen LogP contribution < -0.4 is 5.73 Å². The summed E-state index contributed by atoms with van der Waals surface area (Å²) in [7, 11) is 0. The highest BCUT2D eigenvalue weighted by Gasteiger charge is 2.09. The van der Waals surface area contributed by atoms with Gasteiger partial charge in [0.2, 0.25) is 0 Å². The van der Waals surface area contributed by atoms with Crippen molar-refractivity contribution in [3.05, 3.63) is 35.4 Å². The fourth-order valence-electron chi connectivity index (χ4n) is 1.52. The molecule has 2 N–H and O–H groups in total. The van der Waals surface area contributed by atoms with E-state index in [-0.39, 0.29) is 0 Å². The molecule has 0 aliphatic heterocycles. The summed E-state index contributed by atoms with van der Waals surface area (Å²) in [6, 6.07) is 5.47. The molecule has 0 aliphatic carbocycles. The van der Waals surface area contributed by atoms with Crippen LogP contribution in [0.2, 0.25) is 0 Å². The van der Waals surface area contributed by atoms with E-state index in [0.29, 0.717) is 11.4 Å². The third-order valence-corrected chi connectivity index (χ3v) is 2.45. The van der Waals surface area contributed by atoms with Crippen molar-refractivity contribution in [1.29, 1.82) is 5.26 Å². The summed E-state index contributed by atoms with van der Waals surface area (Å²) in [5.74, 6) is 0. The first kappa shape index (κ1) is 10.2. The molecule has 0 fully saturated rings. The van der Waals surface area contributed by atoms with E-state index < -0.39 is 0 Å². The number of hydrogen-bond acceptors (Lipinski definition) is 4. The maximum atomic E-state index is 8.77. The molecule has 2 aromatic heterocycles. The predicted molar refractivity (Wildman–Crippen MR) is 60.0 cm³/mol. The van der Waals surface area contributed by atoms with E-state index in [1.54, 1.807) is 23.0 Å². The lowest BCUT2D eigenvalue weighted by Crippen LogP contribution is -2.00. The van der Waals surface area contributed by atoms with Gasteiger partial charge in [-0.3, -0.25) is 0 Å². The van der Waals surface area contributed by atoms with E-state index in [2.05, 4.69) is 10.1 Å². The molecule has 0 amide bonds. The van der Waals surface area contributed by atoms with Crippen LogP contribution in [0.1, 0.15) is 17.1 Å². The van der Waals surface area contributed by atoms with Crippen LogP contribution in [-0.2, 0) is 0 Å². The standard InChI is InChI=1S/C11H11N5/c1-7-11(13)8(2)16(15-7)10-3-4-14-9(5-10)6-12/h3-5H,13H2,1-2H3. The second-order valence-corrected chi connectivity index (χ2v) is 3.51. The monoisotopic (exact) mass is 213 g/mol. The lowest BCUT2D eigenvalue weighted by atomic mass is 10.3. The fraction of sp³-hybridized carbons (Fsp3) is 0.182. The smallest absolute Gasteiger partial charge is 0.142 e. The molecule has 0 atom stereocenters. The lowest BCUT2D eigenvalue weighted by molar-refractivity contribution is 0.831. The molecule has 2 heterocycles. The second kappa shape index (κ2) is 3.66. The van der Waals surface area contributed by atoms with Crippen molar-refractivity contribution in [1.82, 2.24) is 14.8 Å². The topological polar surface area (TPSA) is 80.5 Å². The van der Waals surface area contributed by atoms with Crippen molar-refractivity contribution in [2.24, 2.45) is 0 Å². The van der Waals surface area contributed by atoms with Crippen LogP contribution in [0.25, 0.3) is 5.69 Å². The third kappa shape index (κ3) is 1.50. The zero-order chi connectivity index (χ0) is 11.7. The Morgan fingerprint density at radius 3 is 2.75 bits per heavy atom. The number of nitrogens with zero attached hydrogens (tertiary/aromatic N) is 4. The van der Waals surface area contributed by atoms with Gasteiger partial charge >= 0.3 is 0 Å². The number of nitrogens with two attached hydrogens (primary N) is 1. The molecule has 5 nitrogen and oxygen atoms in total. The summed E-state index contributed by atoms with van der Waals surface area (Å²) < 4.78 is 1.72. The summed E-state index contributed by atoms with van der Waals surface area (Å²) in [5.41, 5.74) is 9.34. The molecule has 0 saturated heterocycles. The van der Waals surface area contributed by atoms with Crippen molar-refractivity contribution in [2.45, 2.75) is 13.8 Å². The van der Waals surface area contributed by atoms with Crippen LogP contribution in [0.15, 0.2) is 18.3 Å². The highest BCUT2D eigenvalue weighted by Crippen LogP contribution is 2.19. The van der Waals surface area contributed by atoms with E-state index in [4.69, 9.17) is 11.0 Å². The van der Waals surface area contributed by atoms with Crippen molar-refractivity contribution < 1.29 is 0 Å². The first-order valence-corrected chi connectivity index (χ1v) is 4.81. The molecule has 0 aliphatic rings. The van der Waals surface area contributed by atoms with Crippen LogP contribution in [0.4, 0.5) is 5.69 Å². The first-order chi connectivity index (χ1) is 7.63. The molecule has 0 spiro atoms. The SMILES string of the molecule is Cc1nn(-c2ccnc(C#N)c2)c(C)c1N. The molecule has 2 aromatic rings. The average Bonchev–Trinajstić information content (AvgIpc) is 2.57. The predicted octanol–water partition coefficient (Wildman–Crippen LogP) is 1.34. The van der Waals surface area contributed by atoms with Gasteiger partial charge in [0, 0.05) is 12.3 Å². The summed E-state index contributed by atoms with van der Waals surface area (Å²) >= 11 is 0. The lowest BCUT2D eigenvalue weighted by Gasteiger charge is -2.03. The Labute approximate surface area is 93.1 Å². The molecular formula is C11H11N5. The number of aryl methyl sites for hydroxylation is 1. The van der Waals surface area contributed by atoms with Gasteiger partial charge in [-0.2, -0.15) is 10.4 Å². The number of nitrogen functional groups attached to an aromatic ring is 1.